The summed E-state index contributed by atoms with van der Waals surface area (Å²) in [7, 11) is 0. The third-order valence-corrected chi connectivity index (χ3v) is 4.89. The Bertz CT molecular complexity index is 755. The van der Waals surface area contributed by atoms with Crippen LogP contribution in [0.5, 0.6) is 0 Å². The highest BCUT2D eigenvalue weighted by Crippen LogP contribution is 2.25. The normalized spacial score (nSPS) is 14.2. The molecule has 3 rings (SSSR count). The summed E-state index contributed by atoms with van der Waals surface area (Å²) in [6.45, 7) is 8.28. The number of pyridine rings is 1. The maximum absolute atomic E-state index is 9.21. The van der Waals surface area contributed by atoms with Crippen LogP contribution in [0, 0.1) is 19.8 Å². The third kappa shape index (κ3) is 8.05. The summed E-state index contributed by atoms with van der Waals surface area (Å²) in [5.41, 5.74) is 4.77. The van der Waals surface area contributed by atoms with Gasteiger partial charge in [0.2, 0.25) is 0 Å². The van der Waals surface area contributed by atoms with Gasteiger partial charge in [-0.3, -0.25) is 14.6 Å². The minimum atomic E-state index is -0.250. The van der Waals surface area contributed by atoms with Crippen molar-refractivity contribution in [3.8, 4) is 0 Å². The highest BCUT2D eigenvalue weighted by Gasteiger charge is 2.17. The molecule has 0 bridgehead atoms. The van der Waals surface area contributed by atoms with E-state index >= 15 is 0 Å². The Morgan fingerprint density at radius 1 is 1.17 bits per heavy atom. The maximum Gasteiger partial charge on any atom is 0.290 e. The van der Waals surface area contributed by atoms with Crippen LogP contribution in [0.25, 0.3) is 10.9 Å². The van der Waals surface area contributed by atoms with Crippen molar-refractivity contribution in [1.29, 1.82) is 0 Å². The number of fused-ring (bicyclic) bond motifs is 1. The molecule has 0 unspecified atom stereocenters. The first kappa shape index (κ1) is 24.3. The first-order chi connectivity index (χ1) is 14.0. The van der Waals surface area contributed by atoms with Crippen LogP contribution < -0.4 is 5.32 Å². The average Bonchev–Trinajstić information content (AvgIpc) is 2.70. The van der Waals surface area contributed by atoms with E-state index in [0.717, 1.165) is 44.5 Å². The Morgan fingerprint density at radius 3 is 2.38 bits per heavy atom. The molecule has 160 valence electrons. The molecule has 2 aromatic rings. The SMILES string of the molecule is Cc1cc(C)c2nccc(NCCN3CCC(CO)CC3)c2c1.O=CO.O=CO. The van der Waals surface area contributed by atoms with Crippen molar-refractivity contribution < 1.29 is 24.9 Å². The zero-order chi connectivity index (χ0) is 21.6. The van der Waals surface area contributed by atoms with E-state index in [1.165, 1.54) is 22.2 Å². The number of nitrogens with zero attached hydrogens (tertiary/aromatic N) is 2. The number of carboxylic acid groups (broad SMARTS) is 2. The van der Waals surface area contributed by atoms with Crippen molar-refractivity contribution >= 4 is 29.5 Å². The van der Waals surface area contributed by atoms with Gasteiger partial charge in [0, 0.05) is 37.0 Å². The van der Waals surface area contributed by atoms with E-state index in [9.17, 15) is 5.11 Å². The summed E-state index contributed by atoms with van der Waals surface area (Å²) in [6.07, 6.45) is 4.12. The van der Waals surface area contributed by atoms with Crippen LogP contribution in [0.1, 0.15) is 24.0 Å². The second kappa shape index (κ2) is 13.5. The van der Waals surface area contributed by atoms with E-state index in [-0.39, 0.29) is 12.9 Å². The summed E-state index contributed by atoms with van der Waals surface area (Å²) in [5.74, 6) is 0.509. The number of aryl methyl sites for hydroxylation is 2. The highest BCUT2D eigenvalue weighted by molar-refractivity contribution is 5.93. The van der Waals surface area contributed by atoms with Gasteiger partial charge in [0.25, 0.3) is 12.9 Å². The number of benzene rings is 1. The van der Waals surface area contributed by atoms with E-state index in [0.29, 0.717) is 12.5 Å². The fourth-order valence-corrected chi connectivity index (χ4v) is 3.51. The van der Waals surface area contributed by atoms with Gasteiger partial charge in [-0.1, -0.05) is 11.6 Å². The second-order valence-corrected chi connectivity index (χ2v) is 6.94. The van der Waals surface area contributed by atoms with Crippen molar-refractivity contribution in [3.63, 3.8) is 0 Å². The number of nitrogens with one attached hydrogen (secondary N) is 1. The number of hydrogen-bond acceptors (Lipinski definition) is 6. The largest absolute Gasteiger partial charge is 0.483 e. The molecule has 8 heteroatoms. The number of rotatable bonds is 5. The molecule has 1 aromatic heterocycles. The van der Waals surface area contributed by atoms with Crippen molar-refractivity contribution in [2.24, 2.45) is 5.92 Å². The van der Waals surface area contributed by atoms with Gasteiger partial charge < -0.3 is 25.5 Å². The van der Waals surface area contributed by atoms with Crippen LogP contribution in [0.3, 0.4) is 0 Å². The molecule has 0 atom stereocenters. The molecule has 2 heterocycles. The lowest BCUT2D eigenvalue weighted by molar-refractivity contribution is -0.123. The van der Waals surface area contributed by atoms with Crippen LogP contribution in [0.15, 0.2) is 24.4 Å². The van der Waals surface area contributed by atoms with Crippen molar-refractivity contribution in [2.45, 2.75) is 26.7 Å². The van der Waals surface area contributed by atoms with E-state index < -0.39 is 0 Å². The number of aromatic nitrogens is 1. The zero-order valence-corrected chi connectivity index (χ0v) is 17.0. The minimum Gasteiger partial charge on any atom is -0.483 e. The van der Waals surface area contributed by atoms with Crippen LogP contribution in [-0.2, 0) is 9.59 Å². The molecule has 0 spiro atoms. The van der Waals surface area contributed by atoms with Gasteiger partial charge in [0.15, 0.2) is 0 Å². The quantitative estimate of drug-likeness (QED) is 0.559. The standard InChI is InChI=1S/C19H27N3O.2CH2O2/c1-14-11-15(2)19-17(12-14)18(3-6-21-19)20-7-10-22-8-4-16(13-23)5-9-22;2*2-1-3/h3,6,11-12,16,23H,4-5,7-10,13H2,1-2H3,(H,20,21);2*1H,(H,2,3). The van der Waals surface area contributed by atoms with E-state index in [4.69, 9.17) is 19.8 Å². The maximum atomic E-state index is 9.21. The molecule has 1 aromatic carbocycles. The fraction of sp³-hybridized carbons (Fsp3) is 0.476. The molecule has 0 amide bonds. The summed E-state index contributed by atoms with van der Waals surface area (Å²) in [4.78, 5) is 23.7. The summed E-state index contributed by atoms with van der Waals surface area (Å²) in [5, 5.41) is 27.8. The van der Waals surface area contributed by atoms with Gasteiger partial charge in [-0.15, -0.1) is 0 Å². The summed E-state index contributed by atoms with van der Waals surface area (Å²) < 4.78 is 0. The van der Waals surface area contributed by atoms with Gasteiger partial charge in [0.1, 0.15) is 0 Å². The average molecular weight is 405 g/mol. The van der Waals surface area contributed by atoms with Crippen molar-refractivity contribution in [2.75, 3.05) is 38.1 Å². The Morgan fingerprint density at radius 2 is 1.79 bits per heavy atom. The summed E-state index contributed by atoms with van der Waals surface area (Å²) >= 11 is 0. The number of hydrogen-bond donors (Lipinski definition) is 4. The molecule has 0 saturated carbocycles. The lowest BCUT2D eigenvalue weighted by atomic mass is 9.98. The number of anilines is 1. The van der Waals surface area contributed by atoms with Gasteiger partial charge in [-0.25, -0.2) is 0 Å². The molecule has 1 aliphatic rings. The fourth-order valence-electron chi connectivity index (χ4n) is 3.51. The van der Waals surface area contributed by atoms with Crippen molar-refractivity contribution in [3.05, 3.63) is 35.5 Å². The number of likely N-dealkylation sites (tertiary alicyclic amines) is 1. The predicted molar refractivity (Wildman–Crippen MR) is 113 cm³/mol. The van der Waals surface area contributed by atoms with E-state index in [1.54, 1.807) is 0 Å². The lowest BCUT2D eigenvalue weighted by Gasteiger charge is -2.31. The Hall–Kier alpha value is -2.71. The Labute approximate surface area is 171 Å². The number of aliphatic hydroxyl groups is 1. The number of carbonyl (C=O) groups is 2. The molecule has 4 N–H and O–H groups in total. The Balaban J connectivity index is 0.000000626. The van der Waals surface area contributed by atoms with E-state index in [1.807, 2.05) is 6.20 Å². The molecule has 1 saturated heterocycles. The third-order valence-electron chi connectivity index (χ3n) is 4.89. The second-order valence-electron chi connectivity index (χ2n) is 6.94. The minimum absolute atomic E-state index is 0.250. The van der Waals surface area contributed by atoms with Crippen LogP contribution in [0.2, 0.25) is 0 Å². The highest BCUT2D eigenvalue weighted by atomic mass is 16.3. The Kier molecular flexibility index (Phi) is 11.3. The van der Waals surface area contributed by atoms with Crippen LogP contribution in [-0.4, -0.2) is 70.9 Å². The van der Waals surface area contributed by atoms with Crippen LogP contribution in [0.4, 0.5) is 5.69 Å². The molecule has 8 nitrogen and oxygen atoms in total. The molecule has 0 radical (unpaired) electrons. The van der Waals surface area contributed by atoms with Gasteiger partial charge in [-0.2, -0.15) is 0 Å². The van der Waals surface area contributed by atoms with Gasteiger partial charge in [-0.05, 0) is 63.4 Å². The smallest absolute Gasteiger partial charge is 0.290 e. The lowest BCUT2D eigenvalue weighted by Crippen LogP contribution is -2.37. The zero-order valence-electron chi connectivity index (χ0n) is 17.0. The first-order valence-electron chi connectivity index (χ1n) is 9.59. The molecular weight excluding hydrogens is 374 g/mol. The predicted octanol–water partition coefficient (Wildman–Crippen LogP) is 2.37. The van der Waals surface area contributed by atoms with Gasteiger partial charge in [0.05, 0.1) is 5.52 Å². The summed E-state index contributed by atoms with van der Waals surface area (Å²) in [6, 6.07) is 6.47. The van der Waals surface area contributed by atoms with E-state index in [2.05, 4.69) is 47.2 Å². The van der Waals surface area contributed by atoms with Crippen molar-refractivity contribution in [1.82, 2.24) is 9.88 Å². The molecule has 29 heavy (non-hydrogen) atoms. The molecule has 1 aliphatic heterocycles. The number of piperidine rings is 1. The first-order valence-corrected chi connectivity index (χ1v) is 9.59. The molecule has 0 aliphatic carbocycles. The van der Waals surface area contributed by atoms with Crippen LogP contribution >= 0.6 is 0 Å². The molecular formula is C21H31N3O5. The topological polar surface area (TPSA) is 123 Å². The number of aliphatic hydroxyl groups excluding tert-OH is 1. The monoisotopic (exact) mass is 405 g/mol. The van der Waals surface area contributed by atoms with Gasteiger partial charge >= 0.3 is 0 Å². The molecule has 1 fully saturated rings.